The molecule has 7 fully saturated rings. The van der Waals surface area contributed by atoms with Gasteiger partial charge in [0.2, 0.25) is 0 Å². The van der Waals surface area contributed by atoms with Crippen molar-refractivity contribution in [2.75, 3.05) is 39.6 Å². The molecule has 1 N–H and O–H groups in total. The molecule has 7 rings (SSSR count). The minimum Gasteiger partial charge on any atom is -0.494 e. The van der Waals surface area contributed by atoms with Crippen LogP contribution in [-0.4, -0.2) is 78.7 Å². The lowest BCUT2D eigenvalue weighted by molar-refractivity contribution is -0.298. The molecule has 8 nitrogen and oxygen atoms in total. The molecule has 5 atom stereocenters. The van der Waals surface area contributed by atoms with Crippen LogP contribution in [0.25, 0.3) is 0 Å². The van der Waals surface area contributed by atoms with E-state index in [1.807, 2.05) is 0 Å². The van der Waals surface area contributed by atoms with Gasteiger partial charge in [0.15, 0.2) is 0 Å². The first-order valence-electron chi connectivity index (χ1n) is 17.3. The average molecular weight is 605 g/mol. The van der Waals surface area contributed by atoms with Crippen LogP contribution in [0, 0.1) is 11.3 Å². The van der Waals surface area contributed by atoms with Crippen molar-refractivity contribution in [3.63, 3.8) is 0 Å². The Morgan fingerprint density at radius 1 is 0.721 bits per heavy atom. The van der Waals surface area contributed by atoms with E-state index in [1.165, 1.54) is 0 Å². The SMILES string of the molecule is CCCC1(COC(=C(C)C(=O)O)C23CC4CC(OCC5(CCC)CCO5)(CC(OCC5(CCC)CCO5)(C4)C2)C3)CCO1. The molecule has 3 saturated heterocycles. The molecule has 244 valence electrons. The predicted octanol–water partition coefficient (Wildman–Crippen LogP) is 6.73. The quantitative estimate of drug-likeness (QED) is 0.144. The maximum Gasteiger partial charge on any atom is 0.334 e. The van der Waals surface area contributed by atoms with E-state index >= 15 is 0 Å². The lowest BCUT2D eigenvalue weighted by atomic mass is 9.45. The second-order valence-electron chi connectivity index (χ2n) is 15.4. The first-order chi connectivity index (χ1) is 20.6. The molecule has 3 heterocycles. The molecule has 4 bridgehead atoms. The van der Waals surface area contributed by atoms with Gasteiger partial charge in [-0.25, -0.2) is 4.79 Å². The van der Waals surface area contributed by atoms with E-state index < -0.39 is 11.4 Å². The molecule has 0 aromatic heterocycles. The Morgan fingerprint density at radius 3 is 1.53 bits per heavy atom. The largest absolute Gasteiger partial charge is 0.494 e. The number of hydrogen-bond donors (Lipinski definition) is 1. The summed E-state index contributed by atoms with van der Waals surface area (Å²) in [4.78, 5) is 12.6. The molecule has 4 saturated carbocycles. The van der Waals surface area contributed by atoms with E-state index in [0.29, 0.717) is 37.1 Å². The van der Waals surface area contributed by atoms with Crippen LogP contribution in [0.4, 0.5) is 0 Å². The van der Waals surface area contributed by atoms with E-state index in [4.69, 9.17) is 28.4 Å². The second kappa shape index (κ2) is 11.9. The Bertz CT molecular complexity index is 1010. The Labute approximate surface area is 258 Å². The number of hydrogen-bond acceptors (Lipinski definition) is 7. The summed E-state index contributed by atoms with van der Waals surface area (Å²) in [6.07, 6.45) is 14.3. The highest BCUT2D eigenvalue weighted by atomic mass is 16.6. The zero-order valence-corrected chi connectivity index (χ0v) is 27.2. The first kappa shape index (κ1) is 31.8. The molecule has 8 heteroatoms. The van der Waals surface area contributed by atoms with Crippen LogP contribution in [0.1, 0.15) is 124 Å². The van der Waals surface area contributed by atoms with Gasteiger partial charge in [-0.15, -0.1) is 0 Å². The summed E-state index contributed by atoms with van der Waals surface area (Å²) in [5.74, 6) is 0.113. The fourth-order valence-electron chi connectivity index (χ4n) is 10.1. The number of aliphatic carboxylic acids is 1. The molecule has 7 aliphatic rings. The number of ether oxygens (including phenoxy) is 6. The molecule has 3 aliphatic heterocycles. The highest BCUT2D eigenvalue weighted by Crippen LogP contribution is 2.68. The van der Waals surface area contributed by atoms with Gasteiger partial charge in [-0.2, -0.15) is 0 Å². The molecule has 4 aliphatic carbocycles. The van der Waals surface area contributed by atoms with E-state index in [1.54, 1.807) is 6.92 Å². The molecule has 0 amide bonds. The fourth-order valence-corrected chi connectivity index (χ4v) is 10.1. The number of carbonyl (C=O) groups is 1. The van der Waals surface area contributed by atoms with Crippen LogP contribution in [0.15, 0.2) is 11.3 Å². The van der Waals surface area contributed by atoms with Gasteiger partial charge in [-0.1, -0.05) is 40.0 Å². The van der Waals surface area contributed by atoms with Gasteiger partial charge in [0.1, 0.15) is 18.0 Å². The maximum absolute atomic E-state index is 12.6. The normalized spacial score (nSPS) is 43.4. The van der Waals surface area contributed by atoms with Gasteiger partial charge in [-0.3, -0.25) is 0 Å². The number of carboxylic acid groups (broad SMARTS) is 1. The van der Waals surface area contributed by atoms with Crippen molar-refractivity contribution in [3.05, 3.63) is 11.3 Å². The van der Waals surface area contributed by atoms with Crippen LogP contribution < -0.4 is 0 Å². The van der Waals surface area contributed by atoms with Crippen LogP contribution in [0.2, 0.25) is 0 Å². The average Bonchev–Trinajstić information content (AvgIpc) is 2.89. The highest BCUT2D eigenvalue weighted by molar-refractivity contribution is 5.86. The standard InChI is InChI=1S/C35H56O8/c1-5-8-31(11-14-39-31)23-38-28(26(4)29(36)37)30-17-27-18-34(20-30,42-24-32(9-6-2)12-15-40-32)22-35(19-27,21-30)43-25-33(10-7-3)13-16-41-33/h27H,5-25H2,1-4H3,(H,36,37). The highest BCUT2D eigenvalue weighted by Gasteiger charge is 2.67. The minimum absolute atomic E-state index is 0.190. The molecule has 0 aromatic carbocycles. The van der Waals surface area contributed by atoms with Crippen molar-refractivity contribution in [2.24, 2.45) is 11.3 Å². The van der Waals surface area contributed by atoms with Gasteiger partial charge in [-0.05, 0) is 64.2 Å². The zero-order valence-electron chi connectivity index (χ0n) is 27.2. The zero-order chi connectivity index (χ0) is 30.4. The van der Waals surface area contributed by atoms with Crippen LogP contribution in [0.3, 0.4) is 0 Å². The molecule has 0 aromatic rings. The molecular weight excluding hydrogens is 548 g/mol. The molecular formula is C35H56O8. The van der Waals surface area contributed by atoms with Crippen molar-refractivity contribution in [1.82, 2.24) is 0 Å². The molecule has 5 unspecified atom stereocenters. The van der Waals surface area contributed by atoms with E-state index in [2.05, 4.69) is 20.8 Å². The fraction of sp³-hybridized carbons (Fsp3) is 0.914. The van der Waals surface area contributed by atoms with Crippen LogP contribution >= 0.6 is 0 Å². The van der Waals surface area contributed by atoms with Gasteiger partial charge in [0.05, 0.1) is 61.0 Å². The Kier molecular flexibility index (Phi) is 8.77. The monoisotopic (exact) mass is 604 g/mol. The molecule has 43 heavy (non-hydrogen) atoms. The van der Waals surface area contributed by atoms with Crippen molar-refractivity contribution in [1.29, 1.82) is 0 Å². The Morgan fingerprint density at radius 2 is 1.16 bits per heavy atom. The van der Waals surface area contributed by atoms with Crippen molar-refractivity contribution in [2.45, 2.75) is 152 Å². The van der Waals surface area contributed by atoms with Crippen LogP contribution in [0.5, 0.6) is 0 Å². The maximum atomic E-state index is 12.6. The van der Waals surface area contributed by atoms with Crippen molar-refractivity contribution in [3.8, 4) is 0 Å². The van der Waals surface area contributed by atoms with Gasteiger partial charge in [0, 0.05) is 31.1 Å². The summed E-state index contributed by atoms with van der Waals surface area (Å²) in [5.41, 5.74) is -1.61. The third kappa shape index (κ3) is 5.93. The van der Waals surface area contributed by atoms with E-state index in [0.717, 1.165) is 116 Å². The van der Waals surface area contributed by atoms with Gasteiger partial charge < -0.3 is 33.5 Å². The van der Waals surface area contributed by atoms with Crippen molar-refractivity contribution < 1.29 is 38.3 Å². The summed E-state index contributed by atoms with van der Waals surface area (Å²) in [7, 11) is 0. The molecule has 0 radical (unpaired) electrons. The van der Waals surface area contributed by atoms with E-state index in [9.17, 15) is 9.90 Å². The first-order valence-corrected chi connectivity index (χ1v) is 17.3. The predicted molar refractivity (Wildman–Crippen MR) is 162 cm³/mol. The summed E-state index contributed by atoms with van der Waals surface area (Å²) in [5, 5.41) is 10.3. The second-order valence-corrected chi connectivity index (χ2v) is 15.4. The smallest absolute Gasteiger partial charge is 0.334 e. The lowest BCUT2D eigenvalue weighted by Gasteiger charge is -2.66. The number of allylic oxidation sites excluding steroid dienone is 1. The van der Waals surface area contributed by atoms with E-state index in [-0.39, 0.29) is 28.0 Å². The summed E-state index contributed by atoms with van der Waals surface area (Å²) < 4.78 is 39.3. The molecule has 0 spiro atoms. The Balaban J connectivity index is 1.32. The third-order valence-corrected chi connectivity index (χ3v) is 11.9. The summed E-state index contributed by atoms with van der Waals surface area (Å²) in [6, 6.07) is 0. The number of carboxylic acids is 1. The van der Waals surface area contributed by atoms with Gasteiger partial charge >= 0.3 is 5.97 Å². The minimum atomic E-state index is -0.913. The topological polar surface area (TPSA) is 92.7 Å². The Hall–Kier alpha value is -1.19. The summed E-state index contributed by atoms with van der Waals surface area (Å²) >= 11 is 0. The lowest BCUT2D eigenvalue weighted by Crippen LogP contribution is -2.67. The number of rotatable bonds is 17. The summed E-state index contributed by atoms with van der Waals surface area (Å²) in [6.45, 7) is 12.2. The third-order valence-electron chi connectivity index (χ3n) is 11.9. The van der Waals surface area contributed by atoms with Crippen molar-refractivity contribution >= 4 is 5.97 Å². The van der Waals surface area contributed by atoms with Gasteiger partial charge in [0.25, 0.3) is 0 Å². The van der Waals surface area contributed by atoms with Crippen LogP contribution in [-0.2, 0) is 33.2 Å².